The smallest absolute Gasteiger partial charge is 0.230 e. The highest BCUT2D eigenvalue weighted by Crippen LogP contribution is 2.63. The Labute approximate surface area is 167 Å². The summed E-state index contributed by atoms with van der Waals surface area (Å²) in [6.07, 6.45) is 12.3. The summed E-state index contributed by atoms with van der Waals surface area (Å²) in [6.45, 7) is 5.54. The summed E-state index contributed by atoms with van der Waals surface area (Å²) < 4.78 is 0. The topological polar surface area (TPSA) is 50.3 Å². The van der Waals surface area contributed by atoms with Gasteiger partial charge in [-0.05, 0) is 79.4 Å². The van der Waals surface area contributed by atoms with Crippen molar-refractivity contribution < 1.29 is 9.59 Å². The van der Waals surface area contributed by atoms with Crippen LogP contribution in [0.25, 0.3) is 5.57 Å². The summed E-state index contributed by atoms with van der Waals surface area (Å²) >= 11 is 0. The van der Waals surface area contributed by atoms with E-state index in [1.54, 1.807) is 0 Å². The number of Topliss-reactive ketones (excluding diaryl/α,β-unsaturated/α-hetero) is 1. The van der Waals surface area contributed by atoms with Gasteiger partial charge in [0.05, 0.1) is 6.42 Å². The van der Waals surface area contributed by atoms with Crippen molar-refractivity contribution in [3.05, 3.63) is 36.2 Å². The van der Waals surface area contributed by atoms with Crippen LogP contribution in [0.4, 0.5) is 0 Å². The third kappa shape index (κ3) is 2.46. The fourth-order valence-electron chi connectivity index (χ4n) is 7.21. The van der Waals surface area contributed by atoms with Gasteiger partial charge in [-0.3, -0.25) is 14.6 Å². The minimum absolute atomic E-state index is 0.0670. The number of fused-ring (bicyclic) bond motifs is 5. The molecule has 4 heteroatoms. The van der Waals surface area contributed by atoms with Crippen LogP contribution in [-0.2, 0) is 9.59 Å². The second kappa shape index (κ2) is 6.27. The van der Waals surface area contributed by atoms with Gasteiger partial charge < -0.3 is 4.90 Å². The normalized spacial score (nSPS) is 40.3. The van der Waals surface area contributed by atoms with E-state index in [0.29, 0.717) is 24.2 Å². The molecule has 0 spiro atoms. The number of rotatable bonds is 1. The van der Waals surface area contributed by atoms with Crippen LogP contribution in [0.2, 0.25) is 0 Å². The van der Waals surface area contributed by atoms with E-state index in [-0.39, 0.29) is 29.1 Å². The maximum atomic E-state index is 12.8. The van der Waals surface area contributed by atoms with Crippen LogP contribution in [0.15, 0.2) is 30.6 Å². The van der Waals surface area contributed by atoms with Gasteiger partial charge in [-0.1, -0.05) is 19.1 Å². The summed E-state index contributed by atoms with van der Waals surface area (Å²) in [4.78, 5) is 31.3. The first-order valence-corrected chi connectivity index (χ1v) is 10.9. The molecule has 1 aromatic heterocycles. The number of allylic oxidation sites excluding steroid dienone is 2. The third-order valence-corrected chi connectivity index (χ3v) is 8.65. The Hall–Kier alpha value is -1.97. The third-order valence-electron chi connectivity index (χ3n) is 8.65. The van der Waals surface area contributed by atoms with Crippen molar-refractivity contribution in [2.75, 3.05) is 6.54 Å². The van der Waals surface area contributed by atoms with Gasteiger partial charge in [0.1, 0.15) is 5.78 Å². The number of amides is 1. The summed E-state index contributed by atoms with van der Waals surface area (Å²) in [6, 6.07) is 4.23. The second-order valence-electron chi connectivity index (χ2n) is 9.83. The number of piperidine rings is 1. The summed E-state index contributed by atoms with van der Waals surface area (Å²) in [5.41, 5.74) is 2.80. The van der Waals surface area contributed by atoms with E-state index in [1.807, 2.05) is 18.5 Å². The summed E-state index contributed by atoms with van der Waals surface area (Å²) in [7, 11) is 0. The molecule has 5 atom stereocenters. The molecule has 4 aliphatic rings. The zero-order valence-corrected chi connectivity index (χ0v) is 17.0. The van der Waals surface area contributed by atoms with E-state index < -0.39 is 0 Å². The molecule has 2 aliphatic heterocycles. The lowest BCUT2D eigenvalue weighted by Gasteiger charge is -2.59. The number of carbonyl (C=O) groups is 2. The Bertz CT molecular complexity index is 847. The average Bonchev–Trinajstić information content (AvgIpc) is 2.99. The van der Waals surface area contributed by atoms with Gasteiger partial charge in [0.25, 0.3) is 0 Å². The Morgan fingerprint density at radius 1 is 1.14 bits per heavy atom. The second-order valence-corrected chi connectivity index (χ2v) is 9.83. The van der Waals surface area contributed by atoms with Crippen LogP contribution >= 0.6 is 0 Å². The molecule has 148 valence electrons. The SMILES string of the molecule is C[C@]12CC[C@H]3[C@@H](CCN4C(=O)CC(=O)CC[C@]34C)[C@@H]1CC=C2c1cccnc1. The zero-order chi connectivity index (χ0) is 19.5. The lowest BCUT2D eigenvalue weighted by atomic mass is 9.52. The van der Waals surface area contributed by atoms with Gasteiger partial charge in [0.15, 0.2) is 0 Å². The number of hydrogen-bond acceptors (Lipinski definition) is 3. The Morgan fingerprint density at radius 3 is 2.79 bits per heavy atom. The van der Waals surface area contributed by atoms with Gasteiger partial charge in [-0.25, -0.2) is 0 Å². The number of pyridine rings is 1. The van der Waals surface area contributed by atoms with Gasteiger partial charge in [0.2, 0.25) is 5.91 Å². The fraction of sp³-hybridized carbons (Fsp3) is 0.625. The first-order valence-electron chi connectivity index (χ1n) is 10.9. The van der Waals surface area contributed by atoms with E-state index in [9.17, 15) is 9.59 Å². The molecular weight excluding hydrogens is 348 g/mol. The zero-order valence-electron chi connectivity index (χ0n) is 17.0. The average molecular weight is 379 g/mol. The van der Waals surface area contributed by atoms with Crippen molar-refractivity contribution in [3.63, 3.8) is 0 Å². The molecule has 1 aromatic rings. The lowest BCUT2D eigenvalue weighted by Crippen LogP contribution is -2.62. The van der Waals surface area contributed by atoms with Crippen molar-refractivity contribution in [1.82, 2.24) is 9.88 Å². The Kier molecular flexibility index (Phi) is 4.05. The molecule has 2 saturated heterocycles. The highest BCUT2D eigenvalue weighted by atomic mass is 16.2. The van der Waals surface area contributed by atoms with Crippen molar-refractivity contribution in [2.24, 2.45) is 23.2 Å². The Balaban J connectivity index is 1.47. The molecule has 2 aliphatic carbocycles. The molecular formula is C24H30N2O2. The molecule has 0 N–H and O–H groups in total. The van der Waals surface area contributed by atoms with E-state index in [4.69, 9.17) is 0 Å². The van der Waals surface area contributed by atoms with Crippen molar-refractivity contribution in [3.8, 4) is 0 Å². The standard InChI is InChI=1S/C24H30N2O2/c1-23-10-8-21-18(20(23)6-5-19(23)16-4-3-12-25-15-16)9-13-26-22(28)14-17(27)7-11-24(21,26)2/h3-5,12,15,18,20-21H,6-11,13-14H2,1-2H3/t18-,20-,21-,23+,24+/m0/s1. The molecule has 0 aromatic carbocycles. The van der Waals surface area contributed by atoms with Crippen LogP contribution in [0.1, 0.15) is 64.4 Å². The number of ketones is 1. The molecule has 0 bridgehead atoms. The minimum Gasteiger partial charge on any atom is -0.337 e. The number of nitrogens with zero attached hydrogens (tertiary/aromatic N) is 2. The molecule has 1 saturated carbocycles. The molecule has 1 amide bonds. The molecule has 5 rings (SSSR count). The summed E-state index contributed by atoms with van der Waals surface area (Å²) in [5, 5.41) is 0. The lowest BCUT2D eigenvalue weighted by molar-refractivity contribution is -0.150. The van der Waals surface area contributed by atoms with Crippen molar-refractivity contribution >= 4 is 17.3 Å². The van der Waals surface area contributed by atoms with Crippen LogP contribution in [0.3, 0.4) is 0 Å². The number of hydrogen-bond donors (Lipinski definition) is 0. The van der Waals surface area contributed by atoms with Gasteiger partial charge in [0, 0.05) is 30.9 Å². The quantitative estimate of drug-likeness (QED) is 0.686. The van der Waals surface area contributed by atoms with E-state index >= 15 is 0 Å². The predicted octanol–water partition coefficient (Wildman–Crippen LogP) is 4.26. The first kappa shape index (κ1) is 18.1. The molecule has 28 heavy (non-hydrogen) atoms. The van der Waals surface area contributed by atoms with Gasteiger partial charge in [-0.2, -0.15) is 0 Å². The predicted molar refractivity (Wildman–Crippen MR) is 108 cm³/mol. The van der Waals surface area contributed by atoms with Crippen LogP contribution in [-0.4, -0.2) is 33.7 Å². The largest absolute Gasteiger partial charge is 0.337 e. The van der Waals surface area contributed by atoms with E-state index in [2.05, 4.69) is 35.9 Å². The summed E-state index contributed by atoms with van der Waals surface area (Å²) in [5.74, 6) is 1.97. The van der Waals surface area contributed by atoms with Gasteiger partial charge in [-0.15, -0.1) is 0 Å². The highest BCUT2D eigenvalue weighted by molar-refractivity contribution is 5.99. The highest BCUT2D eigenvalue weighted by Gasteiger charge is 2.58. The minimum atomic E-state index is -0.148. The van der Waals surface area contributed by atoms with Crippen molar-refractivity contribution in [1.29, 1.82) is 0 Å². The Morgan fingerprint density at radius 2 is 2.00 bits per heavy atom. The van der Waals surface area contributed by atoms with Crippen molar-refractivity contribution in [2.45, 2.75) is 64.3 Å². The molecule has 3 heterocycles. The van der Waals surface area contributed by atoms with Crippen LogP contribution < -0.4 is 0 Å². The molecule has 3 fully saturated rings. The number of aromatic nitrogens is 1. The van der Waals surface area contributed by atoms with Crippen LogP contribution in [0.5, 0.6) is 0 Å². The number of carbonyl (C=O) groups excluding carboxylic acids is 2. The maximum absolute atomic E-state index is 12.8. The maximum Gasteiger partial charge on any atom is 0.230 e. The molecule has 4 nitrogen and oxygen atoms in total. The van der Waals surface area contributed by atoms with Crippen LogP contribution in [0, 0.1) is 23.2 Å². The molecule has 0 radical (unpaired) electrons. The van der Waals surface area contributed by atoms with E-state index in [1.165, 1.54) is 11.1 Å². The van der Waals surface area contributed by atoms with Gasteiger partial charge >= 0.3 is 0 Å². The fourth-order valence-corrected chi connectivity index (χ4v) is 7.21. The van der Waals surface area contributed by atoms with E-state index in [0.717, 1.165) is 38.6 Å². The first-order chi connectivity index (χ1) is 13.4. The molecule has 0 unspecified atom stereocenters. The monoisotopic (exact) mass is 378 g/mol.